The van der Waals surface area contributed by atoms with Crippen LogP contribution in [0.4, 0.5) is 0 Å². The van der Waals surface area contributed by atoms with Gasteiger partial charge >= 0.3 is 0 Å². The van der Waals surface area contributed by atoms with Crippen LogP contribution in [0.5, 0.6) is 0 Å². The molecule has 1 unspecified atom stereocenters. The van der Waals surface area contributed by atoms with E-state index in [-0.39, 0.29) is 11.1 Å². The molecule has 0 radical (unpaired) electrons. The lowest BCUT2D eigenvalue weighted by molar-refractivity contribution is -0.00169. The second-order valence-electron chi connectivity index (χ2n) is 5.10. The van der Waals surface area contributed by atoms with Gasteiger partial charge in [-0.15, -0.1) is 11.3 Å². The van der Waals surface area contributed by atoms with Crippen LogP contribution in [0, 0.1) is 0 Å². The van der Waals surface area contributed by atoms with Crippen LogP contribution in [-0.4, -0.2) is 17.6 Å². The highest BCUT2D eigenvalue weighted by molar-refractivity contribution is 7.09. The van der Waals surface area contributed by atoms with E-state index in [4.69, 9.17) is 10.5 Å². The van der Waals surface area contributed by atoms with Crippen molar-refractivity contribution in [2.75, 3.05) is 7.11 Å². The van der Waals surface area contributed by atoms with E-state index in [1.807, 2.05) is 13.8 Å². The summed E-state index contributed by atoms with van der Waals surface area (Å²) in [6.07, 6.45) is 1.72. The molecule has 4 heteroatoms. The van der Waals surface area contributed by atoms with Crippen molar-refractivity contribution in [1.82, 2.24) is 4.98 Å². The lowest BCUT2D eigenvalue weighted by Crippen LogP contribution is -2.34. The van der Waals surface area contributed by atoms with Gasteiger partial charge in [-0.1, -0.05) is 6.92 Å². The molecule has 0 aromatic carbocycles. The molecule has 0 aliphatic rings. The lowest BCUT2D eigenvalue weighted by atomic mass is 10.0. The monoisotopic (exact) mass is 242 g/mol. The van der Waals surface area contributed by atoms with Crippen LogP contribution < -0.4 is 5.73 Å². The molecule has 0 aliphatic carbocycles. The third-order valence-electron chi connectivity index (χ3n) is 2.77. The zero-order valence-electron chi connectivity index (χ0n) is 10.8. The first-order valence-electron chi connectivity index (χ1n) is 5.59. The van der Waals surface area contributed by atoms with Crippen molar-refractivity contribution in [2.45, 2.75) is 51.7 Å². The SMILES string of the molecule is CCC(C)(OC)c1nc(CC(C)(C)N)cs1. The zero-order chi connectivity index (χ0) is 12.4. The van der Waals surface area contributed by atoms with Crippen molar-refractivity contribution < 1.29 is 4.74 Å². The highest BCUT2D eigenvalue weighted by Gasteiger charge is 2.28. The smallest absolute Gasteiger partial charge is 0.125 e. The van der Waals surface area contributed by atoms with Crippen molar-refractivity contribution in [3.05, 3.63) is 16.1 Å². The number of nitrogens with zero attached hydrogens (tertiary/aromatic N) is 1. The summed E-state index contributed by atoms with van der Waals surface area (Å²) in [5.41, 5.74) is 6.57. The minimum atomic E-state index is -0.262. The van der Waals surface area contributed by atoms with E-state index in [9.17, 15) is 0 Å². The van der Waals surface area contributed by atoms with E-state index in [2.05, 4.69) is 24.2 Å². The van der Waals surface area contributed by atoms with Gasteiger partial charge in [0.2, 0.25) is 0 Å². The molecule has 0 saturated heterocycles. The van der Waals surface area contributed by atoms with Gasteiger partial charge in [-0.05, 0) is 27.2 Å². The van der Waals surface area contributed by atoms with Crippen LogP contribution in [0.25, 0.3) is 0 Å². The molecule has 1 aromatic rings. The van der Waals surface area contributed by atoms with Crippen molar-refractivity contribution in [2.24, 2.45) is 5.73 Å². The molecule has 0 amide bonds. The van der Waals surface area contributed by atoms with Crippen LogP contribution in [0.1, 0.15) is 44.8 Å². The average molecular weight is 242 g/mol. The summed E-state index contributed by atoms with van der Waals surface area (Å²) in [4.78, 5) is 4.62. The van der Waals surface area contributed by atoms with E-state index >= 15 is 0 Å². The molecule has 92 valence electrons. The highest BCUT2D eigenvalue weighted by atomic mass is 32.1. The first-order chi connectivity index (χ1) is 7.30. The highest BCUT2D eigenvalue weighted by Crippen LogP contribution is 2.31. The van der Waals surface area contributed by atoms with Gasteiger partial charge in [-0.2, -0.15) is 0 Å². The van der Waals surface area contributed by atoms with Crippen LogP contribution in [0.3, 0.4) is 0 Å². The number of rotatable bonds is 5. The molecule has 2 N–H and O–H groups in total. The van der Waals surface area contributed by atoms with E-state index in [1.54, 1.807) is 18.4 Å². The normalized spacial score (nSPS) is 16.1. The van der Waals surface area contributed by atoms with Gasteiger partial charge in [0.25, 0.3) is 0 Å². The van der Waals surface area contributed by atoms with Crippen LogP contribution in [0.2, 0.25) is 0 Å². The first kappa shape index (κ1) is 13.6. The van der Waals surface area contributed by atoms with E-state index in [1.165, 1.54) is 0 Å². The Morgan fingerprint density at radius 2 is 2.06 bits per heavy atom. The second kappa shape index (κ2) is 4.82. The fourth-order valence-electron chi connectivity index (χ4n) is 1.48. The predicted molar refractivity (Wildman–Crippen MR) is 68.7 cm³/mol. The van der Waals surface area contributed by atoms with E-state index in [0.29, 0.717) is 0 Å². The number of nitrogens with two attached hydrogens (primary N) is 1. The molecule has 0 aliphatic heterocycles. The summed E-state index contributed by atoms with van der Waals surface area (Å²) in [5, 5.41) is 3.12. The Morgan fingerprint density at radius 1 is 1.44 bits per heavy atom. The number of hydrogen-bond donors (Lipinski definition) is 1. The third kappa shape index (κ3) is 3.27. The molecule has 0 spiro atoms. The molecule has 3 nitrogen and oxygen atoms in total. The molecular weight excluding hydrogens is 220 g/mol. The quantitative estimate of drug-likeness (QED) is 0.863. The minimum Gasteiger partial charge on any atom is -0.371 e. The summed E-state index contributed by atoms with van der Waals surface area (Å²) in [7, 11) is 1.73. The molecule has 1 aromatic heterocycles. The third-order valence-corrected chi connectivity index (χ3v) is 3.90. The van der Waals surface area contributed by atoms with Crippen molar-refractivity contribution in [1.29, 1.82) is 0 Å². The summed E-state index contributed by atoms with van der Waals surface area (Å²) in [6, 6.07) is 0. The maximum absolute atomic E-state index is 5.98. The Morgan fingerprint density at radius 3 is 2.50 bits per heavy atom. The van der Waals surface area contributed by atoms with E-state index in [0.717, 1.165) is 23.5 Å². The molecule has 16 heavy (non-hydrogen) atoms. The number of aromatic nitrogens is 1. The van der Waals surface area contributed by atoms with Gasteiger partial charge in [-0.3, -0.25) is 0 Å². The molecule has 1 atom stereocenters. The number of thiazole rings is 1. The summed E-state index contributed by atoms with van der Waals surface area (Å²) in [5.74, 6) is 0. The maximum atomic E-state index is 5.98. The predicted octanol–water partition coefficient (Wildman–Crippen LogP) is 2.69. The van der Waals surface area contributed by atoms with Crippen LogP contribution >= 0.6 is 11.3 Å². The van der Waals surface area contributed by atoms with Gasteiger partial charge < -0.3 is 10.5 Å². The van der Waals surface area contributed by atoms with Gasteiger partial charge in [0.05, 0.1) is 5.69 Å². The van der Waals surface area contributed by atoms with Crippen molar-refractivity contribution in [3.8, 4) is 0 Å². The van der Waals surface area contributed by atoms with Crippen LogP contribution in [-0.2, 0) is 16.8 Å². The summed E-state index contributed by atoms with van der Waals surface area (Å²) in [6.45, 7) is 8.21. The fourth-order valence-corrected chi connectivity index (χ4v) is 2.51. The molecule has 0 bridgehead atoms. The van der Waals surface area contributed by atoms with Crippen molar-refractivity contribution >= 4 is 11.3 Å². The van der Waals surface area contributed by atoms with E-state index < -0.39 is 0 Å². The molecule has 1 rings (SSSR count). The number of hydrogen-bond acceptors (Lipinski definition) is 4. The fraction of sp³-hybridized carbons (Fsp3) is 0.750. The molecule has 1 heterocycles. The Kier molecular flexibility index (Phi) is 4.10. The topological polar surface area (TPSA) is 48.1 Å². The lowest BCUT2D eigenvalue weighted by Gasteiger charge is -2.23. The number of ether oxygens (including phenoxy) is 1. The Labute approximate surface area is 102 Å². The Hall–Kier alpha value is -0.450. The Balaban J connectivity index is 2.86. The van der Waals surface area contributed by atoms with Gasteiger partial charge in [0.1, 0.15) is 10.6 Å². The molecule has 0 saturated carbocycles. The largest absolute Gasteiger partial charge is 0.371 e. The molecule has 0 fully saturated rings. The van der Waals surface area contributed by atoms with Crippen molar-refractivity contribution in [3.63, 3.8) is 0 Å². The maximum Gasteiger partial charge on any atom is 0.125 e. The summed E-state index contributed by atoms with van der Waals surface area (Å²) >= 11 is 1.65. The average Bonchev–Trinajstić information content (AvgIpc) is 2.63. The summed E-state index contributed by atoms with van der Waals surface area (Å²) < 4.78 is 5.53. The van der Waals surface area contributed by atoms with Gasteiger partial charge in [0.15, 0.2) is 0 Å². The first-order valence-corrected chi connectivity index (χ1v) is 6.47. The van der Waals surface area contributed by atoms with Crippen LogP contribution in [0.15, 0.2) is 5.38 Å². The Bertz CT molecular complexity index is 337. The van der Waals surface area contributed by atoms with Gasteiger partial charge in [-0.25, -0.2) is 4.98 Å². The zero-order valence-corrected chi connectivity index (χ0v) is 11.6. The number of methoxy groups -OCH3 is 1. The standard InChI is InChI=1S/C12H22N2OS/c1-6-12(4,15-5)10-14-9(8-16-10)7-11(2,3)13/h8H,6-7,13H2,1-5H3. The van der Waals surface area contributed by atoms with Gasteiger partial charge in [0, 0.05) is 24.4 Å². The second-order valence-corrected chi connectivity index (χ2v) is 5.96. The molecular formula is C12H22N2OS. The minimum absolute atomic E-state index is 0.207.